The van der Waals surface area contributed by atoms with Crippen LogP contribution in [0.1, 0.15) is 20.3 Å². The van der Waals surface area contributed by atoms with Gasteiger partial charge in [0.1, 0.15) is 0 Å². The zero-order valence-electron chi connectivity index (χ0n) is 9.98. The lowest BCUT2D eigenvalue weighted by Crippen LogP contribution is -2.53. The van der Waals surface area contributed by atoms with Crippen molar-refractivity contribution in [1.82, 2.24) is 4.90 Å². The van der Waals surface area contributed by atoms with Gasteiger partial charge in [-0.3, -0.25) is 4.90 Å². The fraction of sp³-hybridized carbons (Fsp3) is 1.00. The molecule has 1 N–H and O–H groups in total. The molecule has 0 aromatic carbocycles. The second-order valence-electron chi connectivity index (χ2n) is 4.31. The lowest BCUT2D eigenvalue weighted by atomic mass is 10.1. The molecule has 1 heterocycles. The minimum absolute atomic E-state index is 0.0220. The summed E-state index contributed by atoms with van der Waals surface area (Å²) in [6.07, 6.45) is 1.00. The molecule has 1 saturated heterocycles. The zero-order chi connectivity index (χ0) is 11.3. The molecule has 0 aliphatic carbocycles. The van der Waals surface area contributed by atoms with E-state index in [-0.39, 0.29) is 12.7 Å². The maximum Gasteiger partial charge on any atom is 0.0933 e. The number of nitrogens with zero attached hydrogens (tertiary/aromatic N) is 1. The van der Waals surface area contributed by atoms with Crippen molar-refractivity contribution in [2.45, 2.75) is 38.5 Å². The Hall–Kier alpha value is -0.160. The van der Waals surface area contributed by atoms with Gasteiger partial charge in [0.05, 0.1) is 19.3 Å². The molecule has 0 amide bonds. The van der Waals surface area contributed by atoms with E-state index in [4.69, 9.17) is 14.6 Å². The molecular formula is C11H23NO3. The fourth-order valence-corrected chi connectivity index (χ4v) is 2.02. The van der Waals surface area contributed by atoms with Gasteiger partial charge in [-0.2, -0.15) is 0 Å². The quantitative estimate of drug-likeness (QED) is 0.728. The smallest absolute Gasteiger partial charge is 0.0933 e. The van der Waals surface area contributed by atoms with Crippen LogP contribution in [-0.2, 0) is 9.47 Å². The van der Waals surface area contributed by atoms with Gasteiger partial charge < -0.3 is 14.6 Å². The summed E-state index contributed by atoms with van der Waals surface area (Å²) in [6.45, 7) is 6.80. The third kappa shape index (κ3) is 3.72. The van der Waals surface area contributed by atoms with Crippen molar-refractivity contribution in [3.8, 4) is 0 Å². The molecule has 1 aliphatic heterocycles. The highest BCUT2D eigenvalue weighted by Gasteiger charge is 2.28. The number of aliphatic hydroxyl groups excluding tert-OH is 1. The Labute approximate surface area is 92.2 Å². The standard InChI is InChI=1S/C11H23NO3/c1-9(4-5-14-3)12-6-11(7-13)15-8-10(12)2/h9-11,13H,4-8H2,1-3H3. The highest BCUT2D eigenvalue weighted by molar-refractivity contribution is 4.81. The molecule has 1 aliphatic rings. The van der Waals surface area contributed by atoms with Gasteiger partial charge in [0, 0.05) is 32.3 Å². The van der Waals surface area contributed by atoms with E-state index in [2.05, 4.69) is 18.7 Å². The number of methoxy groups -OCH3 is 1. The summed E-state index contributed by atoms with van der Waals surface area (Å²) in [5, 5.41) is 9.08. The van der Waals surface area contributed by atoms with E-state index < -0.39 is 0 Å². The Morgan fingerprint density at radius 3 is 2.93 bits per heavy atom. The molecule has 0 spiro atoms. The van der Waals surface area contributed by atoms with Crippen LogP contribution >= 0.6 is 0 Å². The monoisotopic (exact) mass is 217 g/mol. The van der Waals surface area contributed by atoms with Crippen LogP contribution in [0.5, 0.6) is 0 Å². The van der Waals surface area contributed by atoms with Crippen LogP contribution in [0.4, 0.5) is 0 Å². The van der Waals surface area contributed by atoms with Crippen LogP contribution < -0.4 is 0 Å². The van der Waals surface area contributed by atoms with E-state index in [1.165, 1.54) is 0 Å². The summed E-state index contributed by atoms with van der Waals surface area (Å²) in [7, 11) is 1.73. The Balaban J connectivity index is 2.42. The third-order valence-corrected chi connectivity index (χ3v) is 3.06. The van der Waals surface area contributed by atoms with Crippen LogP contribution in [-0.4, -0.2) is 61.7 Å². The highest BCUT2D eigenvalue weighted by atomic mass is 16.5. The van der Waals surface area contributed by atoms with Crippen LogP contribution in [0, 0.1) is 0 Å². The van der Waals surface area contributed by atoms with E-state index in [1.807, 2.05) is 0 Å². The van der Waals surface area contributed by atoms with Crippen molar-refractivity contribution >= 4 is 0 Å². The molecule has 90 valence electrons. The summed E-state index contributed by atoms with van der Waals surface area (Å²) in [4.78, 5) is 2.39. The summed E-state index contributed by atoms with van der Waals surface area (Å²) in [5.74, 6) is 0. The predicted octanol–water partition coefficient (Wildman–Crippen LogP) is 0.493. The van der Waals surface area contributed by atoms with Gasteiger partial charge in [-0.05, 0) is 20.3 Å². The van der Waals surface area contributed by atoms with Gasteiger partial charge in [0.15, 0.2) is 0 Å². The average Bonchev–Trinajstić information content (AvgIpc) is 2.26. The van der Waals surface area contributed by atoms with E-state index in [9.17, 15) is 0 Å². The summed E-state index contributed by atoms with van der Waals surface area (Å²) in [6, 6.07) is 0.914. The second kappa shape index (κ2) is 6.43. The maximum absolute atomic E-state index is 9.08. The van der Waals surface area contributed by atoms with Crippen molar-refractivity contribution in [2.75, 3.05) is 33.5 Å². The first-order valence-electron chi connectivity index (χ1n) is 5.66. The number of ether oxygens (including phenoxy) is 2. The summed E-state index contributed by atoms with van der Waals surface area (Å²) in [5.41, 5.74) is 0. The summed E-state index contributed by atoms with van der Waals surface area (Å²) >= 11 is 0. The van der Waals surface area contributed by atoms with Crippen LogP contribution in [0.3, 0.4) is 0 Å². The number of morpholine rings is 1. The maximum atomic E-state index is 9.08. The van der Waals surface area contributed by atoms with Crippen LogP contribution in [0.25, 0.3) is 0 Å². The highest BCUT2D eigenvalue weighted by Crippen LogP contribution is 2.16. The Kier molecular flexibility index (Phi) is 5.53. The molecule has 4 nitrogen and oxygen atoms in total. The Morgan fingerprint density at radius 1 is 1.60 bits per heavy atom. The number of hydrogen-bond acceptors (Lipinski definition) is 4. The Morgan fingerprint density at radius 2 is 2.33 bits per heavy atom. The molecule has 0 saturated carbocycles. The van der Waals surface area contributed by atoms with E-state index >= 15 is 0 Å². The Bertz CT molecular complexity index is 177. The molecule has 3 unspecified atom stereocenters. The molecular weight excluding hydrogens is 194 g/mol. The van der Waals surface area contributed by atoms with Crippen molar-refractivity contribution in [2.24, 2.45) is 0 Å². The minimum atomic E-state index is -0.0220. The van der Waals surface area contributed by atoms with Crippen molar-refractivity contribution in [1.29, 1.82) is 0 Å². The fourth-order valence-electron chi connectivity index (χ4n) is 2.02. The molecule has 4 heteroatoms. The molecule has 1 fully saturated rings. The van der Waals surface area contributed by atoms with Gasteiger partial charge in [-0.25, -0.2) is 0 Å². The largest absolute Gasteiger partial charge is 0.394 e. The first-order valence-corrected chi connectivity index (χ1v) is 5.66. The van der Waals surface area contributed by atoms with E-state index in [0.29, 0.717) is 18.7 Å². The molecule has 0 bridgehead atoms. The second-order valence-corrected chi connectivity index (χ2v) is 4.31. The van der Waals surface area contributed by atoms with Crippen LogP contribution in [0.2, 0.25) is 0 Å². The topological polar surface area (TPSA) is 41.9 Å². The lowest BCUT2D eigenvalue weighted by molar-refractivity contribution is -0.0912. The molecule has 1 rings (SSSR count). The van der Waals surface area contributed by atoms with Crippen molar-refractivity contribution in [3.63, 3.8) is 0 Å². The third-order valence-electron chi connectivity index (χ3n) is 3.06. The molecule has 3 atom stereocenters. The normalized spacial score (nSPS) is 30.4. The number of aliphatic hydroxyl groups is 1. The van der Waals surface area contributed by atoms with Gasteiger partial charge in [0.25, 0.3) is 0 Å². The number of rotatable bonds is 5. The van der Waals surface area contributed by atoms with Crippen LogP contribution in [0.15, 0.2) is 0 Å². The van der Waals surface area contributed by atoms with Crippen molar-refractivity contribution in [3.05, 3.63) is 0 Å². The first kappa shape index (κ1) is 12.9. The van der Waals surface area contributed by atoms with Gasteiger partial charge in [0.2, 0.25) is 0 Å². The van der Waals surface area contributed by atoms with E-state index in [0.717, 1.165) is 19.6 Å². The molecule has 15 heavy (non-hydrogen) atoms. The average molecular weight is 217 g/mol. The molecule has 0 aromatic heterocycles. The summed E-state index contributed by atoms with van der Waals surface area (Å²) < 4.78 is 10.6. The zero-order valence-corrected chi connectivity index (χ0v) is 9.98. The first-order chi connectivity index (χ1) is 7.19. The van der Waals surface area contributed by atoms with E-state index in [1.54, 1.807) is 7.11 Å². The van der Waals surface area contributed by atoms with Gasteiger partial charge >= 0.3 is 0 Å². The van der Waals surface area contributed by atoms with Gasteiger partial charge in [-0.1, -0.05) is 0 Å². The lowest BCUT2D eigenvalue weighted by Gasteiger charge is -2.41. The number of hydrogen-bond donors (Lipinski definition) is 1. The van der Waals surface area contributed by atoms with Crippen molar-refractivity contribution < 1.29 is 14.6 Å². The van der Waals surface area contributed by atoms with Gasteiger partial charge in [-0.15, -0.1) is 0 Å². The molecule has 0 radical (unpaired) electrons. The minimum Gasteiger partial charge on any atom is -0.394 e. The SMILES string of the molecule is COCCC(C)N1CC(CO)OCC1C. The molecule has 0 aromatic rings. The predicted molar refractivity (Wildman–Crippen MR) is 58.9 cm³/mol.